The zero-order chi connectivity index (χ0) is 20.5. The van der Waals surface area contributed by atoms with Crippen molar-refractivity contribution in [2.75, 3.05) is 27.4 Å². The van der Waals surface area contributed by atoms with Gasteiger partial charge in [0, 0.05) is 26.7 Å². The molecule has 0 N–H and O–H groups in total. The van der Waals surface area contributed by atoms with Gasteiger partial charge in [-0.05, 0) is 18.2 Å². The molecule has 3 aromatic heterocycles. The number of fused-ring (bicyclic) bond motifs is 3. The third-order valence-electron chi connectivity index (χ3n) is 4.72. The summed E-state index contributed by atoms with van der Waals surface area (Å²) in [5.74, 6) is 0.0952. The zero-order valence-electron chi connectivity index (χ0n) is 16.3. The molecule has 0 aliphatic heterocycles. The number of hydrogen-bond acceptors (Lipinski definition) is 7. The Labute approximate surface area is 164 Å². The molecule has 0 fully saturated rings. The normalized spacial score (nSPS) is 12.8. The summed E-state index contributed by atoms with van der Waals surface area (Å²) in [5.41, 5.74) is 1.27. The SMILES string of the molecule is COCCn1c(=O)c2c(-c3nc(C(C)COC)no3)ncn2c2ccc(F)cc21. The number of aromatic nitrogens is 5. The summed E-state index contributed by atoms with van der Waals surface area (Å²) in [4.78, 5) is 22.0. The Morgan fingerprint density at radius 3 is 2.83 bits per heavy atom. The van der Waals surface area contributed by atoms with Gasteiger partial charge in [0.25, 0.3) is 11.4 Å². The van der Waals surface area contributed by atoms with Crippen LogP contribution in [-0.2, 0) is 16.0 Å². The van der Waals surface area contributed by atoms with Crippen LogP contribution in [0, 0.1) is 5.82 Å². The highest BCUT2D eigenvalue weighted by molar-refractivity contribution is 5.83. The zero-order valence-corrected chi connectivity index (χ0v) is 16.3. The van der Waals surface area contributed by atoms with Crippen molar-refractivity contribution >= 4 is 16.6 Å². The molecule has 0 spiro atoms. The highest BCUT2D eigenvalue weighted by Crippen LogP contribution is 2.25. The third-order valence-corrected chi connectivity index (χ3v) is 4.72. The van der Waals surface area contributed by atoms with E-state index in [1.807, 2.05) is 6.92 Å². The molecule has 4 rings (SSSR count). The molecule has 0 saturated carbocycles. The highest BCUT2D eigenvalue weighted by Gasteiger charge is 2.22. The van der Waals surface area contributed by atoms with Gasteiger partial charge in [-0.2, -0.15) is 4.98 Å². The van der Waals surface area contributed by atoms with Crippen molar-refractivity contribution in [2.24, 2.45) is 0 Å². The van der Waals surface area contributed by atoms with E-state index in [9.17, 15) is 9.18 Å². The molecule has 1 atom stereocenters. The first-order chi connectivity index (χ1) is 14.0. The molecule has 0 aliphatic rings. The molecule has 1 unspecified atom stereocenters. The Balaban J connectivity index is 1.94. The maximum atomic E-state index is 13.9. The number of methoxy groups -OCH3 is 2. The van der Waals surface area contributed by atoms with Crippen LogP contribution < -0.4 is 5.56 Å². The van der Waals surface area contributed by atoms with Crippen molar-refractivity contribution in [2.45, 2.75) is 19.4 Å². The van der Waals surface area contributed by atoms with E-state index in [1.165, 1.54) is 30.1 Å². The second-order valence-electron chi connectivity index (χ2n) is 6.71. The van der Waals surface area contributed by atoms with Crippen LogP contribution in [0.25, 0.3) is 28.1 Å². The average molecular weight is 401 g/mol. The van der Waals surface area contributed by atoms with E-state index < -0.39 is 5.82 Å². The largest absolute Gasteiger partial charge is 0.384 e. The van der Waals surface area contributed by atoms with E-state index in [1.54, 1.807) is 17.6 Å². The van der Waals surface area contributed by atoms with Crippen molar-refractivity contribution in [3.8, 4) is 11.6 Å². The minimum Gasteiger partial charge on any atom is -0.384 e. The van der Waals surface area contributed by atoms with Crippen LogP contribution in [-0.4, -0.2) is 51.5 Å². The number of benzene rings is 1. The van der Waals surface area contributed by atoms with E-state index in [0.717, 1.165) is 0 Å². The van der Waals surface area contributed by atoms with Gasteiger partial charge in [-0.15, -0.1) is 0 Å². The molecule has 152 valence electrons. The van der Waals surface area contributed by atoms with E-state index >= 15 is 0 Å². The van der Waals surface area contributed by atoms with Gasteiger partial charge >= 0.3 is 0 Å². The molecule has 0 aliphatic carbocycles. The smallest absolute Gasteiger partial charge is 0.278 e. The van der Waals surface area contributed by atoms with Crippen LogP contribution in [0.1, 0.15) is 18.7 Å². The molecule has 10 heteroatoms. The quantitative estimate of drug-likeness (QED) is 0.468. The van der Waals surface area contributed by atoms with Gasteiger partial charge in [0.05, 0.1) is 24.2 Å². The first-order valence-corrected chi connectivity index (χ1v) is 9.06. The molecular formula is C19H20FN5O4. The number of imidazole rings is 1. The first kappa shape index (κ1) is 19.2. The number of hydrogen-bond donors (Lipinski definition) is 0. The van der Waals surface area contributed by atoms with Crippen LogP contribution in [0.4, 0.5) is 4.39 Å². The van der Waals surface area contributed by atoms with Crippen molar-refractivity contribution < 1.29 is 18.4 Å². The molecule has 0 radical (unpaired) electrons. The summed E-state index contributed by atoms with van der Waals surface area (Å²) in [7, 11) is 3.13. The lowest BCUT2D eigenvalue weighted by Crippen LogP contribution is -2.25. The Kier molecular flexibility index (Phi) is 5.12. The maximum absolute atomic E-state index is 13.9. The fraction of sp³-hybridized carbons (Fsp3) is 0.368. The van der Waals surface area contributed by atoms with Gasteiger partial charge in [0.1, 0.15) is 17.7 Å². The Hall–Kier alpha value is -3.11. The van der Waals surface area contributed by atoms with E-state index in [4.69, 9.17) is 14.0 Å². The molecular weight excluding hydrogens is 381 g/mol. The summed E-state index contributed by atoms with van der Waals surface area (Å²) in [6.45, 7) is 2.90. The first-order valence-electron chi connectivity index (χ1n) is 9.06. The Bertz CT molecular complexity index is 1230. The predicted molar refractivity (Wildman–Crippen MR) is 102 cm³/mol. The van der Waals surface area contributed by atoms with Gasteiger partial charge in [-0.3, -0.25) is 9.20 Å². The van der Waals surface area contributed by atoms with Crippen molar-refractivity contribution in [3.05, 3.63) is 46.5 Å². The fourth-order valence-corrected chi connectivity index (χ4v) is 3.31. The average Bonchev–Trinajstić information content (AvgIpc) is 3.35. The standard InChI is InChI=1S/C19H20FN5O4/c1-11(9-28-3)17-22-18(29-23-17)15-16-19(26)24(6-7-27-2)14-8-12(20)4-5-13(14)25(16)10-21-15/h4-5,8,10-11H,6-7,9H2,1-3H3. The molecule has 1 aromatic carbocycles. The number of nitrogens with zero attached hydrogens (tertiary/aromatic N) is 5. The van der Waals surface area contributed by atoms with E-state index in [2.05, 4.69) is 15.1 Å². The second kappa shape index (κ2) is 7.72. The lowest BCUT2D eigenvalue weighted by atomic mass is 10.2. The van der Waals surface area contributed by atoms with Crippen molar-refractivity contribution in [1.82, 2.24) is 24.1 Å². The van der Waals surface area contributed by atoms with Gasteiger partial charge in [-0.25, -0.2) is 9.37 Å². The lowest BCUT2D eigenvalue weighted by molar-refractivity contribution is 0.180. The summed E-state index contributed by atoms with van der Waals surface area (Å²) >= 11 is 0. The lowest BCUT2D eigenvalue weighted by Gasteiger charge is -2.12. The monoisotopic (exact) mass is 401 g/mol. The van der Waals surface area contributed by atoms with Gasteiger partial charge in [0.15, 0.2) is 11.5 Å². The summed E-state index contributed by atoms with van der Waals surface area (Å²) in [6, 6.07) is 4.26. The number of ether oxygens (including phenoxy) is 2. The molecule has 0 saturated heterocycles. The third kappa shape index (κ3) is 3.30. The second-order valence-corrected chi connectivity index (χ2v) is 6.71. The maximum Gasteiger partial charge on any atom is 0.278 e. The molecule has 4 aromatic rings. The Morgan fingerprint density at radius 2 is 2.07 bits per heavy atom. The molecule has 0 bridgehead atoms. The van der Waals surface area contributed by atoms with Crippen LogP contribution in [0.15, 0.2) is 33.8 Å². The van der Waals surface area contributed by atoms with E-state index in [-0.39, 0.29) is 35.1 Å². The van der Waals surface area contributed by atoms with Gasteiger partial charge < -0.3 is 18.6 Å². The molecule has 3 heterocycles. The van der Waals surface area contributed by atoms with E-state index in [0.29, 0.717) is 30.1 Å². The van der Waals surface area contributed by atoms with Crippen LogP contribution in [0.3, 0.4) is 0 Å². The molecule has 0 amide bonds. The van der Waals surface area contributed by atoms with Crippen LogP contribution in [0.2, 0.25) is 0 Å². The Morgan fingerprint density at radius 1 is 1.24 bits per heavy atom. The summed E-state index contributed by atoms with van der Waals surface area (Å²) in [6.07, 6.45) is 1.50. The van der Waals surface area contributed by atoms with Gasteiger partial charge in [0.2, 0.25) is 0 Å². The van der Waals surface area contributed by atoms with Crippen LogP contribution in [0.5, 0.6) is 0 Å². The van der Waals surface area contributed by atoms with Crippen LogP contribution >= 0.6 is 0 Å². The highest BCUT2D eigenvalue weighted by atomic mass is 19.1. The number of rotatable bonds is 7. The summed E-state index contributed by atoms with van der Waals surface area (Å²) < 4.78 is 32.5. The van der Waals surface area contributed by atoms with Gasteiger partial charge in [-0.1, -0.05) is 12.1 Å². The predicted octanol–water partition coefficient (Wildman–Crippen LogP) is 2.23. The minimum absolute atomic E-state index is 0.0754. The molecule has 9 nitrogen and oxygen atoms in total. The van der Waals surface area contributed by atoms with Crippen molar-refractivity contribution in [3.63, 3.8) is 0 Å². The van der Waals surface area contributed by atoms with Crippen molar-refractivity contribution in [1.29, 1.82) is 0 Å². The molecule has 29 heavy (non-hydrogen) atoms. The minimum atomic E-state index is -0.434. The number of halogens is 1. The fourth-order valence-electron chi connectivity index (χ4n) is 3.31. The topological polar surface area (TPSA) is 96.7 Å². The summed E-state index contributed by atoms with van der Waals surface area (Å²) in [5, 5.41) is 3.98.